The smallest absolute Gasteiger partial charge is 0.232 e. The van der Waals surface area contributed by atoms with Gasteiger partial charge in [0.25, 0.3) is 0 Å². The molecule has 31 heavy (non-hydrogen) atoms. The normalized spacial score (nSPS) is 41.3. The first-order valence-electron chi connectivity index (χ1n) is 10.1. The number of ether oxygens (including phenoxy) is 4. The molecular formula is C17H32N2O12. The summed E-state index contributed by atoms with van der Waals surface area (Å²) in [6.45, 7) is -0.852. The molecule has 8 N–H and O–H groups in total. The van der Waals surface area contributed by atoms with Crippen LogP contribution in [0, 0.1) is 10.1 Å². The molecule has 0 saturated carbocycles. The maximum absolute atomic E-state index is 11.1. The van der Waals surface area contributed by atoms with E-state index in [1.807, 2.05) is 0 Å². The third-order valence-corrected chi connectivity index (χ3v) is 5.24. The van der Waals surface area contributed by atoms with Crippen LogP contribution >= 0.6 is 0 Å². The van der Waals surface area contributed by atoms with Crippen molar-refractivity contribution in [3.63, 3.8) is 0 Å². The van der Waals surface area contributed by atoms with Gasteiger partial charge < -0.3 is 55.3 Å². The van der Waals surface area contributed by atoms with Gasteiger partial charge in [0, 0.05) is 11.5 Å². The van der Waals surface area contributed by atoms with Crippen LogP contribution in [-0.4, -0.2) is 123 Å². The molecule has 0 aliphatic carbocycles. The van der Waals surface area contributed by atoms with Gasteiger partial charge in [-0.25, -0.2) is 0 Å². The molecule has 0 radical (unpaired) electrons. The summed E-state index contributed by atoms with van der Waals surface area (Å²) in [6.07, 6.45) is -13.6. The molecule has 6 unspecified atom stereocenters. The summed E-state index contributed by atoms with van der Waals surface area (Å²) in [4.78, 5) is 10.4. The Morgan fingerprint density at radius 1 is 0.871 bits per heavy atom. The maximum Gasteiger partial charge on any atom is 0.232 e. The molecule has 2 aliphatic heterocycles. The standard InChI is InChI=1S/C17H32N2O12/c18-4-2-1-3-5-28-16-14(25)12(23)15(8(29-16)6-19(26)27)31-17-13(24)11(22)10(21)9(7-20)30-17/h8-17,20-25H,1-7,18H2/t8?,9?,10-,11?,12?,13?,14?,15+,16+,17-/m0/s1. The molecule has 2 saturated heterocycles. The lowest BCUT2D eigenvalue weighted by Gasteiger charge is -2.45. The van der Waals surface area contributed by atoms with Crippen LogP contribution < -0.4 is 5.73 Å². The van der Waals surface area contributed by atoms with Crippen LogP contribution in [0.5, 0.6) is 0 Å². The second-order valence-corrected chi connectivity index (χ2v) is 7.56. The van der Waals surface area contributed by atoms with Crippen molar-refractivity contribution in [1.29, 1.82) is 0 Å². The molecule has 0 amide bonds. The van der Waals surface area contributed by atoms with E-state index in [1.54, 1.807) is 0 Å². The minimum absolute atomic E-state index is 0.165. The first-order valence-corrected chi connectivity index (χ1v) is 10.1. The van der Waals surface area contributed by atoms with E-state index >= 15 is 0 Å². The third kappa shape index (κ3) is 6.72. The third-order valence-electron chi connectivity index (χ3n) is 5.24. The van der Waals surface area contributed by atoms with Crippen molar-refractivity contribution >= 4 is 0 Å². The molecule has 2 rings (SSSR count). The van der Waals surface area contributed by atoms with E-state index in [4.69, 9.17) is 24.7 Å². The van der Waals surface area contributed by atoms with E-state index in [9.17, 15) is 40.8 Å². The van der Waals surface area contributed by atoms with Crippen LogP contribution in [0.4, 0.5) is 0 Å². The predicted octanol–water partition coefficient (Wildman–Crippen LogP) is -3.96. The van der Waals surface area contributed by atoms with Gasteiger partial charge in [0.15, 0.2) is 18.7 Å². The van der Waals surface area contributed by atoms with Gasteiger partial charge in [-0.3, -0.25) is 10.1 Å². The summed E-state index contributed by atoms with van der Waals surface area (Å²) in [5.74, 6) is 0. The zero-order chi connectivity index (χ0) is 23.1. The second-order valence-electron chi connectivity index (χ2n) is 7.56. The Morgan fingerprint density at radius 3 is 2.13 bits per heavy atom. The molecular weight excluding hydrogens is 424 g/mol. The minimum Gasteiger partial charge on any atom is -0.394 e. The molecule has 0 bridgehead atoms. The number of hydrogen-bond donors (Lipinski definition) is 7. The molecule has 0 spiro atoms. The molecule has 14 nitrogen and oxygen atoms in total. The van der Waals surface area contributed by atoms with E-state index in [0.717, 1.165) is 12.8 Å². The van der Waals surface area contributed by atoms with Gasteiger partial charge in [-0.1, -0.05) is 0 Å². The summed E-state index contributed by atoms with van der Waals surface area (Å²) in [7, 11) is 0. The van der Waals surface area contributed by atoms with Crippen LogP contribution in [0.15, 0.2) is 0 Å². The van der Waals surface area contributed by atoms with E-state index in [-0.39, 0.29) is 6.61 Å². The van der Waals surface area contributed by atoms with Crippen molar-refractivity contribution in [3.8, 4) is 0 Å². The number of nitrogens with zero attached hydrogens (tertiary/aromatic N) is 1. The lowest BCUT2D eigenvalue weighted by molar-refractivity contribution is -0.505. The van der Waals surface area contributed by atoms with Crippen LogP contribution in [0.25, 0.3) is 0 Å². The highest BCUT2D eigenvalue weighted by molar-refractivity contribution is 4.94. The van der Waals surface area contributed by atoms with Gasteiger partial charge in [0.2, 0.25) is 6.54 Å². The van der Waals surface area contributed by atoms with Gasteiger partial charge >= 0.3 is 0 Å². The summed E-state index contributed by atoms with van der Waals surface area (Å²) in [6, 6.07) is 0. The first kappa shape index (κ1) is 26.2. The average Bonchev–Trinajstić information content (AvgIpc) is 2.73. The molecule has 0 aromatic carbocycles. The van der Waals surface area contributed by atoms with Crippen LogP contribution in [0.1, 0.15) is 19.3 Å². The maximum atomic E-state index is 11.1. The Kier molecular flexibility index (Phi) is 10.4. The summed E-state index contributed by atoms with van der Waals surface area (Å²) < 4.78 is 21.5. The van der Waals surface area contributed by atoms with Crippen molar-refractivity contribution in [3.05, 3.63) is 10.1 Å². The number of aliphatic hydroxyl groups excluding tert-OH is 6. The lowest BCUT2D eigenvalue weighted by atomic mass is 9.96. The Hall–Kier alpha value is -1.04. The van der Waals surface area contributed by atoms with Crippen molar-refractivity contribution in [2.45, 2.75) is 80.7 Å². The highest BCUT2D eigenvalue weighted by Gasteiger charge is 2.52. The predicted molar refractivity (Wildman–Crippen MR) is 100 cm³/mol. The number of hydrogen-bond acceptors (Lipinski definition) is 13. The van der Waals surface area contributed by atoms with E-state index < -0.39 is 79.5 Å². The second kappa shape index (κ2) is 12.3. The Bertz CT molecular complexity index is 555. The number of nitrogens with two attached hydrogens (primary N) is 1. The SMILES string of the molecule is NCCCCCO[C@@H]1OC(C[N+](=O)[O-])[C@@H](O[C@@H]2OC(CO)[C@H](O)C(O)C2O)C(O)C1O. The summed E-state index contributed by atoms with van der Waals surface area (Å²) in [5, 5.41) is 71.0. The fraction of sp³-hybridized carbons (Fsp3) is 1.00. The van der Waals surface area contributed by atoms with E-state index in [0.29, 0.717) is 13.0 Å². The number of aliphatic hydroxyl groups is 6. The topological polar surface area (TPSA) is 227 Å². The van der Waals surface area contributed by atoms with Gasteiger partial charge in [0.1, 0.15) is 42.7 Å². The number of rotatable bonds is 11. The van der Waals surface area contributed by atoms with Crippen molar-refractivity contribution in [2.24, 2.45) is 5.73 Å². The van der Waals surface area contributed by atoms with Crippen molar-refractivity contribution < 1.29 is 54.5 Å². The molecule has 0 aromatic heterocycles. The van der Waals surface area contributed by atoms with Crippen molar-refractivity contribution in [1.82, 2.24) is 0 Å². The van der Waals surface area contributed by atoms with Gasteiger partial charge in [-0.2, -0.15) is 0 Å². The highest BCUT2D eigenvalue weighted by atomic mass is 16.7. The molecule has 10 atom stereocenters. The molecule has 2 fully saturated rings. The molecule has 0 aromatic rings. The lowest BCUT2D eigenvalue weighted by Crippen LogP contribution is -2.65. The quantitative estimate of drug-likeness (QED) is 0.0895. The highest BCUT2D eigenvalue weighted by Crippen LogP contribution is 2.29. The molecule has 182 valence electrons. The van der Waals surface area contributed by atoms with Gasteiger partial charge in [-0.05, 0) is 25.8 Å². The fourth-order valence-corrected chi connectivity index (χ4v) is 3.46. The minimum atomic E-state index is -1.80. The van der Waals surface area contributed by atoms with Crippen molar-refractivity contribution in [2.75, 3.05) is 26.3 Å². The average molecular weight is 456 g/mol. The molecule has 14 heteroatoms. The fourth-order valence-electron chi connectivity index (χ4n) is 3.46. The molecule has 2 aliphatic rings. The Labute approximate surface area is 178 Å². The number of nitro groups is 1. The largest absolute Gasteiger partial charge is 0.394 e. The Balaban J connectivity index is 2.07. The number of unbranched alkanes of at least 4 members (excludes halogenated alkanes) is 2. The van der Waals surface area contributed by atoms with E-state index in [1.165, 1.54) is 0 Å². The summed E-state index contributed by atoms with van der Waals surface area (Å²) >= 11 is 0. The zero-order valence-corrected chi connectivity index (χ0v) is 16.9. The van der Waals surface area contributed by atoms with Crippen LogP contribution in [0.2, 0.25) is 0 Å². The summed E-state index contributed by atoms with van der Waals surface area (Å²) in [5.41, 5.74) is 5.41. The Morgan fingerprint density at radius 2 is 1.52 bits per heavy atom. The van der Waals surface area contributed by atoms with E-state index in [2.05, 4.69) is 0 Å². The van der Waals surface area contributed by atoms with Gasteiger partial charge in [0.05, 0.1) is 6.61 Å². The first-order chi connectivity index (χ1) is 14.7. The van der Waals surface area contributed by atoms with Crippen LogP contribution in [0.3, 0.4) is 0 Å². The van der Waals surface area contributed by atoms with Crippen LogP contribution in [-0.2, 0) is 18.9 Å². The van der Waals surface area contributed by atoms with Gasteiger partial charge in [-0.15, -0.1) is 0 Å². The monoisotopic (exact) mass is 456 g/mol. The zero-order valence-electron chi connectivity index (χ0n) is 16.9. The molecule has 2 heterocycles.